The molecule has 2 heterocycles. The smallest absolute Gasteiger partial charge is 0.0624 e. The van der Waals surface area contributed by atoms with Crippen molar-refractivity contribution in [2.45, 2.75) is 31.8 Å². The minimum Gasteiger partial charge on any atom is -0.393 e. The number of hydrogen-bond donors (Lipinski definition) is 1. The Kier molecular flexibility index (Phi) is 3.79. The van der Waals surface area contributed by atoms with Crippen LogP contribution in [0.2, 0.25) is 0 Å². The number of likely N-dealkylation sites (tertiary alicyclic amines) is 1. The molecular formula is C11H21NO2. The van der Waals surface area contributed by atoms with Crippen molar-refractivity contribution in [3.8, 4) is 0 Å². The SMILES string of the molecule is OC1CCOCC1CN1CCCCC1. The van der Waals surface area contributed by atoms with Crippen LogP contribution in [0.4, 0.5) is 0 Å². The Morgan fingerprint density at radius 3 is 2.71 bits per heavy atom. The highest BCUT2D eigenvalue weighted by atomic mass is 16.5. The van der Waals surface area contributed by atoms with Crippen LogP contribution < -0.4 is 0 Å². The third-order valence-corrected chi connectivity index (χ3v) is 3.38. The van der Waals surface area contributed by atoms with Gasteiger partial charge in [0.1, 0.15) is 0 Å². The molecule has 3 heteroatoms. The first kappa shape index (κ1) is 10.4. The van der Waals surface area contributed by atoms with Gasteiger partial charge in [-0.1, -0.05) is 6.42 Å². The lowest BCUT2D eigenvalue weighted by molar-refractivity contribution is -0.0479. The van der Waals surface area contributed by atoms with E-state index < -0.39 is 0 Å². The van der Waals surface area contributed by atoms with Gasteiger partial charge in [0.15, 0.2) is 0 Å². The number of aliphatic hydroxyl groups excluding tert-OH is 1. The van der Waals surface area contributed by atoms with Crippen LogP contribution >= 0.6 is 0 Å². The first-order valence-electron chi connectivity index (χ1n) is 5.84. The molecule has 2 aliphatic rings. The molecule has 14 heavy (non-hydrogen) atoms. The third-order valence-electron chi connectivity index (χ3n) is 3.38. The monoisotopic (exact) mass is 199 g/mol. The number of rotatable bonds is 2. The van der Waals surface area contributed by atoms with E-state index in [9.17, 15) is 5.11 Å². The van der Waals surface area contributed by atoms with Gasteiger partial charge in [-0.3, -0.25) is 0 Å². The zero-order chi connectivity index (χ0) is 9.80. The van der Waals surface area contributed by atoms with E-state index in [2.05, 4.69) is 4.90 Å². The number of nitrogens with zero attached hydrogens (tertiary/aromatic N) is 1. The zero-order valence-corrected chi connectivity index (χ0v) is 8.82. The molecule has 0 bridgehead atoms. The Labute approximate surface area is 86.0 Å². The molecule has 2 rings (SSSR count). The van der Waals surface area contributed by atoms with E-state index in [4.69, 9.17) is 4.74 Å². The van der Waals surface area contributed by atoms with Gasteiger partial charge in [-0.15, -0.1) is 0 Å². The lowest BCUT2D eigenvalue weighted by Crippen LogP contribution is -2.42. The highest BCUT2D eigenvalue weighted by Gasteiger charge is 2.26. The van der Waals surface area contributed by atoms with Gasteiger partial charge < -0.3 is 14.7 Å². The van der Waals surface area contributed by atoms with E-state index >= 15 is 0 Å². The van der Waals surface area contributed by atoms with Gasteiger partial charge in [0.25, 0.3) is 0 Å². The van der Waals surface area contributed by atoms with E-state index in [-0.39, 0.29) is 6.10 Å². The molecule has 0 spiro atoms. The van der Waals surface area contributed by atoms with Gasteiger partial charge in [-0.2, -0.15) is 0 Å². The number of hydrogen-bond acceptors (Lipinski definition) is 3. The number of piperidine rings is 1. The first-order chi connectivity index (χ1) is 6.86. The fourth-order valence-electron chi connectivity index (χ4n) is 2.43. The number of aliphatic hydroxyl groups is 1. The highest BCUT2D eigenvalue weighted by molar-refractivity contribution is 4.77. The lowest BCUT2D eigenvalue weighted by atomic mass is 9.97. The minimum atomic E-state index is -0.134. The predicted octanol–water partition coefficient (Wildman–Crippen LogP) is 0.870. The molecule has 2 aliphatic heterocycles. The fourth-order valence-corrected chi connectivity index (χ4v) is 2.43. The molecule has 0 aliphatic carbocycles. The van der Waals surface area contributed by atoms with E-state index in [0.29, 0.717) is 5.92 Å². The van der Waals surface area contributed by atoms with Gasteiger partial charge in [-0.05, 0) is 32.4 Å². The molecular weight excluding hydrogens is 178 g/mol. The quantitative estimate of drug-likeness (QED) is 0.716. The van der Waals surface area contributed by atoms with Crippen molar-refractivity contribution in [1.82, 2.24) is 4.90 Å². The van der Waals surface area contributed by atoms with Crippen molar-refractivity contribution in [2.24, 2.45) is 5.92 Å². The van der Waals surface area contributed by atoms with E-state index in [1.807, 2.05) is 0 Å². The molecule has 2 saturated heterocycles. The Morgan fingerprint density at radius 1 is 1.21 bits per heavy atom. The normalized spacial score (nSPS) is 35.8. The van der Waals surface area contributed by atoms with Gasteiger partial charge in [0, 0.05) is 19.1 Å². The van der Waals surface area contributed by atoms with Crippen LogP contribution in [0.1, 0.15) is 25.7 Å². The average Bonchev–Trinajstić information content (AvgIpc) is 2.23. The zero-order valence-electron chi connectivity index (χ0n) is 8.82. The number of ether oxygens (including phenoxy) is 1. The van der Waals surface area contributed by atoms with Crippen molar-refractivity contribution in [1.29, 1.82) is 0 Å². The second-order valence-electron chi connectivity index (χ2n) is 4.55. The van der Waals surface area contributed by atoms with Crippen LogP contribution in [0, 0.1) is 5.92 Å². The summed E-state index contributed by atoms with van der Waals surface area (Å²) in [5.41, 5.74) is 0. The lowest BCUT2D eigenvalue weighted by Gasteiger charge is -2.34. The van der Waals surface area contributed by atoms with Crippen LogP contribution in [-0.4, -0.2) is 49.0 Å². The van der Waals surface area contributed by atoms with Crippen LogP contribution in [0.3, 0.4) is 0 Å². The summed E-state index contributed by atoms with van der Waals surface area (Å²) in [5.74, 6) is 0.349. The van der Waals surface area contributed by atoms with Gasteiger partial charge in [-0.25, -0.2) is 0 Å². The second-order valence-corrected chi connectivity index (χ2v) is 4.55. The molecule has 2 fully saturated rings. The van der Waals surface area contributed by atoms with E-state index in [1.54, 1.807) is 0 Å². The van der Waals surface area contributed by atoms with Crippen molar-refractivity contribution in [3.63, 3.8) is 0 Å². The molecule has 82 valence electrons. The van der Waals surface area contributed by atoms with Crippen molar-refractivity contribution in [2.75, 3.05) is 32.8 Å². The summed E-state index contributed by atoms with van der Waals surface area (Å²) in [6.45, 7) is 4.93. The molecule has 0 aromatic carbocycles. The van der Waals surface area contributed by atoms with Crippen LogP contribution in [0.15, 0.2) is 0 Å². The highest BCUT2D eigenvalue weighted by Crippen LogP contribution is 2.18. The van der Waals surface area contributed by atoms with Crippen LogP contribution in [-0.2, 0) is 4.74 Å². The Hall–Kier alpha value is -0.120. The molecule has 2 unspecified atom stereocenters. The second kappa shape index (κ2) is 5.10. The van der Waals surface area contributed by atoms with Gasteiger partial charge in [0.05, 0.1) is 12.7 Å². The molecule has 0 saturated carbocycles. The largest absolute Gasteiger partial charge is 0.393 e. The Bertz CT molecular complexity index is 169. The Balaban J connectivity index is 1.76. The molecule has 0 amide bonds. The van der Waals surface area contributed by atoms with E-state index in [0.717, 1.165) is 26.2 Å². The summed E-state index contributed by atoms with van der Waals surface area (Å²) in [4.78, 5) is 2.48. The maximum Gasteiger partial charge on any atom is 0.0624 e. The summed E-state index contributed by atoms with van der Waals surface area (Å²) >= 11 is 0. The first-order valence-corrected chi connectivity index (χ1v) is 5.84. The fraction of sp³-hybridized carbons (Fsp3) is 1.00. The topological polar surface area (TPSA) is 32.7 Å². The Morgan fingerprint density at radius 2 is 2.00 bits per heavy atom. The molecule has 2 atom stereocenters. The van der Waals surface area contributed by atoms with Crippen LogP contribution in [0.25, 0.3) is 0 Å². The average molecular weight is 199 g/mol. The summed E-state index contributed by atoms with van der Waals surface area (Å²) < 4.78 is 5.41. The maximum absolute atomic E-state index is 9.79. The van der Waals surface area contributed by atoms with Crippen molar-refractivity contribution in [3.05, 3.63) is 0 Å². The maximum atomic E-state index is 9.79. The standard InChI is InChI=1S/C11H21NO2/c13-11-4-7-14-9-10(11)8-12-5-2-1-3-6-12/h10-11,13H,1-9H2. The molecule has 3 nitrogen and oxygen atoms in total. The molecule has 1 N–H and O–H groups in total. The predicted molar refractivity (Wildman–Crippen MR) is 55.2 cm³/mol. The molecule has 0 aromatic rings. The van der Waals surface area contributed by atoms with Crippen molar-refractivity contribution >= 4 is 0 Å². The summed E-state index contributed by atoms with van der Waals surface area (Å²) in [6, 6.07) is 0. The van der Waals surface area contributed by atoms with Gasteiger partial charge >= 0.3 is 0 Å². The summed E-state index contributed by atoms with van der Waals surface area (Å²) in [6.07, 6.45) is 4.71. The van der Waals surface area contributed by atoms with Crippen LogP contribution in [0.5, 0.6) is 0 Å². The van der Waals surface area contributed by atoms with Crippen molar-refractivity contribution < 1.29 is 9.84 Å². The third kappa shape index (κ3) is 2.69. The van der Waals surface area contributed by atoms with Gasteiger partial charge in [0.2, 0.25) is 0 Å². The summed E-state index contributed by atoms with van der Waals surface area (Å²) in [7, 11) is 0. The summed E-state index contributed by atoms with van der Waals surface area (Å²) in [5, 5.41) is 9.79. The minimum absolute atomic E-state index is 0.134. The molecule has 0 radical (unpaired) electrons. The molecule has 0 aromatic heterocycles. The van der Waals surface area contributed by atoms with E-state index in [1.165, 1.54) is 32.4 Å².